The number of piperazine rings is 1. The van der Waals surface area contributed by atoms with E-state index in [1.165, 1.54) is 5.56 Å². The van der Waals surface area contributed by atoms with Gasteiger partial charge in [0.05, 0.1) is 6.54 Å². The molecule has 3 rings (SSSR count). The Bertz CT molecular complexity index is 1060. The lowest BCUT2D eigenvalue weighted by Crippen LogP contribution is -2.47. The zero-order valence-corrected chi connectivity index (χ0v) is 22.2. The Morgan fingerprint density at radius 1 is 1.17 bits per heavy atom. The lowest BCUT2D eigenvalue weighted by atomic mass is 9.89. The molecule has 0 unspecified atom stereocenters. The molecule has 2 heterocycles. The van der Waals surface area contributed by atoms with Crippen LogP contribution in [0.5, 0.6) is 0 Å². The predicted octanol–water partition coefficient (Wildman–Crippen LogP) is 4.52. The molecule has 0 atom stereocenters. The maximum atomic E-state index is 12.6. The molecular formula is C28H40N4O3. The fourth-order valence-electron chi connectivity index (χ4n) is 4.35. The van der Waals surface area contributed by atoms with Crippen LogP contribution in [0.4, 0.5) is 4.79 Å². The number of aromatic nitrogens is 1. The van der Waals surface area contributed by atoms with Crippen LogP contribution in [0.1, 0.15) is 62.7 Å². The van der Waals surface area contributed by atoms with Crippen LogP contribution in [-0.4, -0.2) is 47.1 Å². The number of nitrogens with zero attached hydrogens (tertiary/aromatic N) is 2. The Kier molecular flexibility index (Phi) is 8.54. The SMILES string of the molecule is Cc1ccc(-c2c(CN3CCNC(=O)C3)c(C)nc(CC(C)C)c2COC(=O)NC(C)(C)C)cc1. The number of rotatable bonds is 7. The summed E-state index contributed by atoms with van der Waals surface area (Å²) in [6.45, 7) is 16.7. The first-order valence-corrected chi connectivity index (χ1v) is 12.4. The van der Waals surface area contributed by atoms with Gasteiger partial charge in [0.1, 0.15) is 6.61 Å². The minimum atomic E-state index is -0.447. The van der Waals surface area contributed by atoms with Crippen LogP contribution in [-0.2, 0) is 29.1 Å². The summed E-state index contributed by atoms with van der Waals surface area (Å²) in [5.41, 5.74) is 6.84. The molecule has 7 nitrogen and oxygen atoms in total. The van der Waals surface area contributed by atoms with Gasteiger partial charge in [0.25, 0.3) is 0 Å². The zero-order valence-electron chi connectivity index (χ0n) is 22.2. The van der Waals surface area contributed by atoms with Gasteiger partial charge < -0.3 is 15.4 Å². The standard InChI is InChI=1S/C28H40N4O3/c1-18(2)14-24-23(17-35-27(34)31-28(5,6)7)26(21-10-8-19(3)9-11-21)22(20(4)30-24)15-32-13-12-29-25(33)16-32/h8-11,18H,12-17H2,1-7H3,(H,29,33)(H,31,34). The van der Waals surface area contributed by atoms with Crippen molar-refractivity contribution in [3.63, 3.8) is 0 Å². The van der Waals surface area contributed by atoms with Crippen molar-refractivity contribution in [3.8, 4) is 11.1 Å². The monoisotopic (exact) mass is 480 g/mol. The van der Waals surface area contributed by atoms with Gasteiger partial charge in [0.15, 0.2) is 0 Å². The number of pyridine rings is 1. The molecule has 2 amide bonds. The van der Waals surface area contributed by atoms with E-state index in [4.69, 9.17) is 9.72 Å². The molecule has 190 valence electrons. The van der Waals surface area contributed by atoms with Gasteiger partial charge in [-0.3, -0.25) is 14.7 Å². The van der Waals surface area contributed by atoms with Gasteiger partial charge in [-0.15, -0.1) is 0 Å². The van der Waals surface area contributed by atoms with Gasteiger partial charge in [-0.2, -0.15) is 0 Å². The minimum absolute atomic E-state index is 0.0394. The van der Waals surface area contributed by atoms with E-state index in [2.05, 4.69) is 60.6 Å². The smallest absolute Gasteiger partial charge is 0.407 e. The van der Waals surface area contributed by atoms with Crippen LogP contribution in [0.25, 0.3) is 11.1 Å². The highest BCUT2D eigenvalue weighted by Gasteiger charge is 2.25. The molecular weight excluding hydrogens is 440 g/mol. The fourth-order valence-corrected chi connectivity index (χ4v) is 4.35. The number of alkyl carbamates (subject to hydrolysis) is 1. The second-order valence-electron chi connectivity index (χ2n) is 11.0. The van der Waals surface area contributed by atoms with Gasteiger partial charge in [-0.1, -0.05) is 43.7 Å². The summed E-state index contributed by atoms with van der Waals surface area (Å²) in [4.78, 5) is 31.8. The van der Waals surface area contributed by atoms with E-state index >= 15 is 0 Å². The topological polar surface area (TPSA) is 83.6 Å². The summed E-state index contributed by atoms with van der Waals surface area (Å²) in [6, 6.07) is 8.44. The summed E-state index contributed by atoms with van der Waals surface area (Å²) in [5, 5.41) is 5.78. The number of benzene rings is 1. The van der Waals surface area contributed by atoms with Crippen molar-refractivity contribution in [3.05, 3.63) is 52.3 Å². The summed E-state index contributed by atoms with van der Waals surface area (Å²) in [5.74, 6) is 0.434. The van der Waals surface area contributed by atoms with E-state index in [0.29, 0.717) is 25.6 Å². The number of ether oxygens (including phenoxy) is 1. The fraction of sp³-hybridized carbons (Fsp3) is 0.536. The van der Waals surface area contributed by atoms with Crippen molar-refractivity contribution < 1.29 is 14.3 Å². The Balaban J connectivity index is 2.11. The number of carbonyl (C=O) groups excluding carboxylic acids is 2. The van der Waals surface area contributed by atoms with Gasteiger partial charge in [0, 0.05) is 42.1 Å². The lowest BCUT2D eigenvalue weighted by molar-refractivity contribution is -0.124. The van der Waals surface area contributed by atoms with E-state index in [-0.39, 0.29) is 18.1 Å². The predicted molar refractivity (Wildman–Crippen MR) is 139 cm³/mol. The molecule has 1 saturated heterocycles. The van der Waals surface area contributed by atoms with Gasteiger partial charge in [-0.05, 0) is 63.6 Å². The Labute approximate surface area is 209 Å². The third-order valence-corrected chi connectivity index (χ3v) is 5.96. The number of hydrogen-bond acceptors (Lipinski definition) is 5. The molecule has 2 N–H and O–H groups in total. The zero-order chi connectivity index (χ0) is 25.8. The van der Waals surface area contributed by atoms with Gasteiger partial charge in [0.2, 0.25) is 5.91 Å². The highest BCUT2D eigenvalue weighted by molar-refractivity contribution is 5.79. The molecule has 0 spiro atoms. The Morgan fingerprint density at radius 3 is 2.46 bits per heavy atom. The molecule has 0 aliphatic carbocycles. The van der Waals surface area contributed by atoms with Crippen molar-refractivity contribution in [2.75, 3.05) is 19.6 Å². The molecule has 0 saturated carbocycles. The third kappa shape index (κ3) is 7.52. The van der Waals surface area contributed by atoms with E-state index in [1.807, 2.05) is 27.7 Å². The van der Waals surface area contributed by atoms with E-state index < -0.39 is 6.09 Å². The molecule has 7 heteroatoms. The molecule has 0 bridgehead atoms. The maximum absolute atomic E-state index is 12.6. The van der Waals surface area contributed by atoms with Crippen LogP contribution < -0.4 is 10.6 Å². The average molecular weight is 481 g/mol. The number of amides is 2. The molecule has 1 aliphatic rings. The molecule has 1 aromatic carbocycles. The first kappa shape index (κ1) is 26.7. The number of carbonyl (C=O) groups is 2. The third-order valence-electron chi connectivity index (χ3n) is 5.96. The molecule has 1 aliphatic heterocycles. The molecule has 1 fully saturated rings. The van der Waals surface area contributed by atoms with Crippen LogP contribution in [0.3, 0.4) is 0 Å². The summed E-state index contributed by atoms with van der Waals surface area (Å²) in [6.07, 6.45) is 0.337. The highest BCUT2D eigenvalue weighted by Crippen LogP contribution is 2.34. The summed E-state index contributed by atoms with van der Waals surface area (Å²) >= 11 is 0. The normalized spacial score (nSPS) is 14.7. The lowest BCUT2D eigenvalue weighted by Gasteiger charge is -2.29. The van der Waals surface area contributed by atoms with Crippen molar-refractivity contribution in [2.45, 2.75) is 73.6 Å². The Hall–Kier alpha value is -2.93. The van der Waals surface area contributed by atoms with Crippen molar-refractivity contribution >= 4 is 12.0 Å². The second-order valence-corrected chi connectivity index (χ2v) is 11.0. The van der Waals surface area contributed by atoms with E-state index in [1.54, 1.807) is 0 Å². The number of aryl methyl sites for hydroxylation is 2. The first-order chi connectivity index (χ1) is 16.4. The largest absolute Gasteiger partial charge is 0.445 e. The van der Waals surface area contributed by atoms with Crippen LogP contribution in [0.2, 0.25) is 0 Å². The molecule has 2 aromatic rings. The summed E-state index contributed by atoms with van der Waals surface area (Å²) in [7, 11) is 0. The Morgan fingerprint density at radius 2 is 1.86 bits per heavy atom. The van der Waals surface area contributed by atoms with Crippen molar-refractivity contribution in [1.29, 1.82) is 0 Å². The molecule has 0 radical (unpaired) electrons. The molecule has 1 aromatic heterocycles. The van der Waals surface area contributed by atoms with Crippen molar-refractivity contribution in [2.24, 2.45) is 5.92 Å². The van der Waals surface area contributed by atoms with Crippen LogP contribution in [0, 0.1) is 19.8 Å². The first-order valence-electron chi connectivity index (χ1n) is 12.4. The van der Waals surface area contributed by atoms with Gasteiger partial charge in [-0.25, -0.2) is 4.79 Å². The quantitative estimate of drug-likeness (QED) is 0.609. The number of hydrogen-bond donors (Lipinski definition) is 2. The minimum Gasteiger partial charge on any atom is -0.445 e. The van der Waals surface area contributed by atoms with Gasteiger partial charge >= 0.3 is 6.09 Å². The number of nitrogens with one attached hydrogen (secondary N) is 2. The average Bonchev–Trinajstić information content (AvgIpc) is 2.74. The maximum Gasteiger partial charge on any atom is 0.407 e. The van der Waals surface area contributed by atoms with Crippen molar-refractivity contribution in [1.82, 2.24) is 20.5 Å². The van der Waals surface area contributed by atoms with Crippen LogP contribution in [0.15, 0.2) is 24.3 Å². The highest BCUT2D eigenvalue weighted by atomic mass is 16.5. The van der Waals surface area contributed by atoms with Crippen LogP contribution >= 0.6 is 0 Å². The van der Waals surface area contributed by atoms with E-state index in [0.717, 1.165) is 46.6 Å². The second kappa shape index (κ2) is 11.2. The van der Waals surface area contributed by atoms with E-state index in [9.17, 15) is 9.59 Å². The summed E-state index contributed by atoms with van der Waals surface area (Å²) < 4.78 is 5.75. The molecule has 35 heavy (non-hydrogen) atoms.